The minimum Gasteiger partial charge on any atom is -0.377 e. The van der Waals surface area contributed by atoms with Crippen molar-refractivity contribution in [1.82, 2.24) is 5.32 Å². The molecule has 0 spiro atoms. The molecule has 106 valence electrons. The van der Waals surface area contributed by atoms with E-state index in [4.69, 9.17) is 21.6 Å². The Balaban J connectivity index is 2.28. The molecule has 0 bridgehead atoms. The molecule has 1 heterocycles. The summed E-state index contributed by atoms with van der Waals surface area (Å²) in [6.45, 7) is 3.92. The van der Waals surface area contributed by atoms with Gasteiger partial charge in [0.25, 0.3) is 0 Å². The van der Waals surface area contributed by atoms with Gasteiger partial charge in [0.2, 0.25) is 5.91 Å². The Bertz CT molecular complexity index is 542. The van der Waals surface area contributed by atoms with Gasteiger partial charge in [0.15, 0.2) is 0 Å². The van der Waals surface area contributed by atoms with E-state index in [2.05, 4.69) is 5.32 Å². The van der Waals surface area contributed by atoms with Crippen molar-refractivity contribution in [3.05, 3.63) is 28.8 Å². The van der Waals surface area contributed by atoms with Gasteiger partial charge in [-0.2, -0.15) is 5.26 Å². The minimum absolute atomic E-state index is 0.0763. The number of benzene rings is 1. The lowest BCUT2D eigenvalue weighted by atomic mass is 10.1. The minimum atomic E-state index is -0.394. The smallest absolute Gasteiger partial charge is 0.245 e. The van der Waals surface area contributed by atoms with Crippen molar-refractivity contribution in [3.63, 3.8) is 0 Å². The molecular weight excluding hydrogens is 278 g/mol. The van der Waals surface area contributed by atoms with Crippen molar-refractivity contribution in [1.29, 1.82) is 5.26 Å². The van der Waals surface area contributed by atoms with Crippen LogP contribution < -0.4 is 10.2 Å². The Morgan fingerprint density at radius 2 is 2.45 bits per heavy atom. The van der Waals surface area contributed by atoms with Crippen LogP contribution in [-0.4, -0.2) is 38.3 Å². The van der Waals surface area contributed by atoms with E-state index in [1.807, 2.05) is 17.9 Å². The third kappa shape index (κ3) is 3.03. The van der Waals surface area contributed by atoms with Crippen LogP contribution in [0.1, 0.15) is 12.5 Å². The molecule has 6 heteroatoms. The Hall–Kier alpha value is -1.77. The third-order valence-corrected chi connectivity index (χ3v) is 3.47. The van der Waals surface area contributed by atoms with Crippen LogP contribution in [0.5, 0.6) is 0 Å². The molecule has 1 amide bonds. The zero-order chi connectivity index (χ0) is 14.5. The molecule has 20 heavy (non-hydrogen) atoms. The van der Waals surface area contributed by atoms with E-state index in [0.717, 1.165) is 5.69 Å². The second kappa shape index (κ2) is 6.60. The lowest BCUT2D eigenvalue weighted by molar-refractivity contribution is -0.124. The number of ether oxygens (including phenoxy) is 1. The fourth-order valence-corrected chi connectivity index (χ4v) is 2.50. The number of carbonyl (C=O) groups excluding carboxylic acids is 1. The van der Waals surface area contributed by atoms with Crippen LogP contribution in [-0.2, 0) is 9.53 Å². The summed E-state index contributed by atoms with van der Waals surface area (Å²) in [5.41, 5.74) is 1.26. The number of nitriles is 1. The number of anilines is 1. The third-order valence-electron chi connectivity index (χ3n) is 3.17. The normalized spacial score (nSPS) is 18.4. The van der Waals surface area contributed by atoms with Crippen LogP contribution in [0, 0.1) is 11.3 Å². The molecule has 0 aliphatic carbocycles. The van der Waals surface area contributed by atoms with E-state index >= 15 is 0 Å². The number of likely N-dealkylation sites (N-methyl/N-ethyl adjacent to an activating group) is 1. The molecule has 1 aromatic carbocycles. The number of nitrogens with one attached hydrogen (secondary N) is 1. The van der Waals surface area contributed by atoms with E-state index in [9.17, 15) is 4.79 Å². The van der Waals surface area contributed by atoms with E-state index in [-0.39, 0.29) is 5.91 Å². The van der Waals surface area contributed by atoms with Crippen LogP contribution in [0.4, 0.5) is 5.69 Å². The highest BCUT2D eigenvalue weighted by atomic mass is 35.5. The summed E-state index contributed by atoms with van der Waals surface area (Å²) in [5.74, 6) is -0.0763. The predicted octanol–water partition coefficient (Wildman–Crippen LogP) is 1.55. The van der Waals surface area contributed by atoms with Gasteiger partial charge in [0.1, 0.15) is 6.04 Å². The van der Waals surface area contributed by atoms with Crippen LogP contribution >= 0.6 is 11.6 Å². The van der Waals surface area contributed by atoms with Gasteiger partial charge in [-0.15, -0.1) is 0 Å². The maximum absolute atomic E-state index is 12.1. The molecular formula is C14H16ClN3O2. The molecule has 1 fully saturated rings. The van der Waals surface area contributed by atoms with E-state index in [0.29, 0.717) is 36.9 Å². The number of nitrogens with zero attached hydrogens (tertiary/aromatic N) is 2. The number of morpholine rings is 1. The summed E-state index contributed by atoms with van der Waals surface area (Å²) in [5, 5.41) is 12.1. The monoisotopic (exact) mass is 293 g/mol. The quantitative estimate of drug-likeness (QED) is 0.918. The molecule has 1 aliphatic heterocycles. The molecule has 0 radical (unpaired) electrons. The average molecular weight is 294 g/mol. The Kier molecular flexibility index (Phi) is 4.83. The van der Waals surface area contributed by atoms with Crippen LogP contribution in [0.3, 0.4) is 0 Å². The van der Waals surface area contributed by atoms with E-state index in [1.54, 1.807) is 18.2 Å². The maximum Gasteiger partial charge on any atom is 0.245 e. The molecule has 1 aromatic rings. The molecule has 1 atom stereocenters. The van der Waals surface area contributed by atoms with Crippen molar-refractivity contribution in [2.75, 3.05) is 31.2 Å². The summed E-state index contributed by atoms with van der Waals surface area (Å²) in [6, 6.07) is 6.74. The lowest BCUT2D eigenvalue weighted by Gasteiger charge is -2.36. The summed E-state index contributed by atoms with van der Waals surface area (Å²) in [7, 11) is 0. The van der Waals surface area contributed by atoms with Crippen molar-refractivity contribution < 1.29 is 9.53 Å². The highest BCUT2D eigenvalue weighted by Crippen LogP contribution is 2.29. The number of amides is 1. The maximum atomic E-state index is 12.1. The molecule has 0 saturated carbocycles. The van der Waals surface area contributed by atoms with Gasteiger partial charge in [0, 0.05) is 13.1 Å². The number of halogens is 1. The Morgan fingerprint density at radius 3 is 3.10 bits per heavy atom. The van der Waals surface area contributed by atoms with Crippen LogP contribution in [0.15, 0.2) is 18.2 Å². The standard InChI is InChI=1S/C14H16ClN3O2/c1-2-17-14(19)13-9-20-6-5-18(13)12-4-3-10(8-16)7-11(12)15/h3-4,7,13H,2,5-6,9H2,1H3,(H,17,19). The van der Waals surface area contributed by atoms with Gasteiger partial charge in [-0.3, -0.25) is 4.79 Å². The van der Waals surface area contributed by atoms with Crippen molar-refractivity contribution in [3.8, 4) is 6.07 Å². The lowest BCUT2D eigenvalue weighted by Crippen LogP contribution is -2.54. The first-order valence-electron chi connectivity index (χ1n) is 6.49. The first-order chi connectivity index (χ1) is 9.67. The summed E-state index contributed by atoms with van der Waals surface area (Å²) in [4.78, 5) is 14.0. The van der Waals surface area contributed by atoms with Gasteiger partial charge < -0.3 is 15.0 Å². The second-order valence-electron chi connectivity index (χ2n) is 4.46. The van der Waals surface area contributed by atoms with Crippen molar-refractivity contribution >= 4 is 23.2 Å². The number of carbonyl (C=O) groups is 1. The van der Waals surface area contributed by atoms with Gasteiger partial charge in [-0.05, 0) is 25.1 Å². The van der Waals surface area contributed by atoms with Crippen molar-refractivity contribution in [2.24, 2.45) is 0 Å². The fourth-order valence-electron chi connectivity index (χ4n) is 2.21. The topological polar surface area (TPSA) is 65.4 Å². The van der Waals surface area contributed by atoms with Gasteiger partial charge in [-0.25, -0.2) is 0 Å². The number of hydrogen-bond acceptors (Lipinski definition) is 4. The van der Waals surface area contributed by atoms with Crippen LogP contribution in [0.25, 0.3) is 0 Å². The summed E-state index contributed by atoms with van der Waals surface area (Å²) in [6.07, 6.45) is 0. The Morgan fingerprint density at radius 1 is 1.65 bits per heavy atom. The van der Waals surface area contributed by atoms with Crippen LogP contribution in [0.2, 0.25) is 5.02 Å². The molecule has 5 nitrogen and oxygen atoms in total. The van der Waals surface area contributed by atoms with Gasteiger partial charge >= 0.3 is 0 Å². The zero-order valence-corrected chi connectivity index (χ0v) is 12.0. The first-order valence-corrected chi connectivity index (χ1v) is 6.87. The number of rotatable bonds is 3. The summed E-state index contributed by atoms with van der Waals surface area (Å²) >= 11 is 6.22. The van der Waals surface area contributed by atoms with Gasteiger partial charge in [-0.1, -0.05) is 11.6 Å². The average Bonchev–Trinajstić information content (AvgIpc) is 2.47. The van der Waals surface area contributed by atoms with Crippen molar-refractivity contribution in [2.45, 2.75) is 13.0 Å². The number of hydrogen-bond donors (Lipinski definition) is 1. The Labute approximate surface area is 123 Å². The van der Waals surface area contributed by atoms with E-state index < -0.39 is 6.04 Å². The molecule has 1 N–H and O–H groups in total. The molecule has 1 unspecified atom stereocenters. The van der Waals surface area contributed by atoms with Gasteiger partial charge in [0.05, 0.1) is 35.6 Å². The highest BCUT2D eigenvalue weighted by molar-refractivity contribution is 6.33. The first kappa shape index (κ1) is 14.6. The highest BCUT2D eigenvalue weighted by Gasteiger charge is 2.30. The van der Waals surface area contributed by atoms with E-state index in [1.165, 1.54) is 0 Å². The molecule has 1 saturated heterocycles. The SMILES string of the molecule is CCNC(=O)C1COCCN1c1ccc(C#N)cc1Cl. The molecule has 2 rings (SSSR count). The molecule has 1 aliphatic rings. The predicted molar refractivity (Wildman–Crippen MR) is 76.8 cm³/mol. The fraction of sp³-hybridized carbons (Fsp3) is 0.429. The summed E-state index contributed by atoms with van der Waals surface area (Å²) < 4.78 is 5.39. The zero-order valence-electron chi connectivity index (χ0n) is 11.2. The largest absolute Gasteiger partial charge is 0.377 e. The second-order valence-corrected chi connectivity index (χ2v) is 4.86. The molecule has 0 aromatic heterocycles.